The van der Waals surface area contributed by atoms with Crippen LogP contribution in [0, 0.1) is 0 Å². The lowest BCUT2D eigenvalue weighted by Crippen LogP contribution is -2.17. The summed E-state index contributed by atoms with van der Waals surface area (Å²) < 4.78 is 7.14. The van der Waals surface area contributed by atoms with Crippen LogP contribution in [-0.2, 0) is 11.2 Å². The van der Waals surface area contributed by atoms with Crippen LogP contribution in [0.1, 0.15) is 43.7 Å². The SMILES string of the molecule is CC1(C)COC(C(CCCc2ccccc2Br)c2ccccc2)=N1. The summed E-state index contributed by atoms with van der Waals surface area (Å²) >= 11 is 3.64. The molecule has 3 rings (SSSR count). The van der Waals surface area contributed by atoms with Crippen molar-refractivity contribution in [2.24, 2.45) is 4.99 Å². The van der Waals surface area contributed by atoms with Crippen molar-refractivity contribution in [3.05, 3.63) is 70.2 Å². The number of benzene rings is 2. The van der Waals surface area contributed by atoms with Crippen LogP contribution in [0.2, 0.25) is 0 Å². The monoisotopic (exact) mass is 385 g/mol. The molecule has 1 heterocycles. The molecular formula is C21H24BrNO. The van der Waals surface area contributed by atoms with Gasteiger partial charge in [0.05, 0.1) is 11.5 Å². The summed E-state index contributed by atoms with van der Waals surface area (Å²) in [5, 5.41) is 0. The summed E-state index contributed by atoms with van der Waals surface area (Å²) in [5.41, 5.74) is 2.55. The van der Waals surface area contributed by atoms with E-state index in [9.17, 15) is 0 Å². The Morgan fingerprint density at radius 1 is 1.08 bits per heavy atom. The zero-order chi connectivity index (χ0) is 17.0. The van der Waals surface area contributed by atoms with Gasteiger partial charge in [0.2, 0.25) is 0 Å². The number of nitrogens with zero attached hydrogens (tertiary/aromatic N) is 1. The van der Waals surface area contributed by atoms with E-state index in [2.05, 4.69) is 84.4 Å². The standard InChI is InChI=1S/C21H24BrNO/c1-21(2)15-24-20(23-21)18(16-9-4-3-5-10-16)13-8-12-17-11-6-7-14-19(17)22/h3-7,9-11,14,18H,8,12-13,15H2,1-2H3. The molecule has 1 aliphatic heterocycles. The minimum Gasteiger partial charge on any atom is -0.478 e. The molecule has 0 spiro atoms. The van der Waals surface area contributed by atoms with Crippen molar-refractivity contribution in [2.75, 3.05) is 6.61 Å². The fourth-order valence-electron chi connectivity index (χ4n) is 3.11. The second kappa shape index (κ2) is 7.52. The molecule has 0 aromatic heterocycles. The van der Waals surface area contributed by atoms with Gasteiger partial charge in [-0.25, -0.2) is 4.99 Å². The fourth-order valence-corrected chi connectivity index (χ4v) is 3.59. The van der Waals surface area contributed by atoms with Gasteiger partial charge < -0.3 is 4.74 Å². The highest BCUT2D eigenvalue weighted by Gasteiger charge is 2.31. The second-order valence-electron chi connectivity index (χ2n) is 7.00. The number of rotatable bonds is 6. The number of hydrogen-bond donors (Lipinski definition) is 0. The van der Waals surface area contributed by atoms with Crippen LogP contribution in [0.5, 0.6) is 0 Å². The Labute approximate surface area is 153 Å². The van der Waals surface area contributed by atoms with E-state index in [1.54, 1.807) is 0 Å². The van der Waals surface area contributed by atoms with Crippen molar-refractivity contribution >= 4 is 21.8 Å². The van der Waals surface area contributed by atoms with Crippen LogP contribution in [0.3, 0.4) is 0 Å². The number of hydrogen-bond acceptors (Lipinski definition) is 2. The average Bonchev–Trinajstić information content (AvgIpc) is 2.94. The summed E-state index contributed by atoms with van der Waals surface area (Å²) in [6.07, 6.45) is 3.20. The van der Waals surface area contributed by atoms with Gasteiger partial charge in [-0.1, -0.05) is 64.5 Å². The molecule has 24 heavy (non-hydrogen) atoms. The number of aliphatic imine (C=N–C) groups is 1. The Kier molecular flexibility index (Phi) is 5.40. The highest BCUT2D eigenvalue weighted by Crippen LogP contribution is 2.30. The number of halogens is 1. The smallest absolute Gasteiger partial charge is 0.191 e. The molecule has 1 aliphatic rings. The molecule has 0 aliphatic carbocycles. The fraction of sp³-hybridized carbons (Fsp3) is 0.381. The first-order chi connectivity index (χ1) is 11.6. The Balaban J connectivity index is 1.73. The normalized spacial score (nSPS) is 17.2. The minimum atomic E-state index is -0.106. The van der Waals surface area contributed by atoms with E-state index < -0.39 is 0 Å². The zero-order valence-corrected chi connectivity index (χ0v) is 15.9. The summed E-state index contributed by atoms with van der Waals surface area (Å²) in [7, 11) is 0. The third kappa shape index (κ3) is 4.27. The van der Waals surface area contributed by atoms with Gasteiger partial charge in [-0.2, -0.15) is 0 Å². The first kappa shape index (κ1) is 17.2. The molecule has 0 saturated carbocycles. The molecule has 1 unspecified atom stereocenters. The van der Waals surface area contributed by atoms with Crippen molar-refractivity contribution in [3.8, 4) is 0 Å². The molecule has 2 nitrogen and oxygen atoms in total. The topological polar surface area (TPSA) is 21.6 Å². The van der Waals surface area contributed by atoms with Crippen molar-refractivity contribution in [2.45, 2.75) is 44.6 Å². The summed E-state index contributed by atoms with van der Waals surface area (Å²) in [5.74, 6) is 1.15. The Morgan fingerprint density at radius 2 is 1.79 bits per heavy atom. The molecule has 126 valence electrons. The quantitative estimate of drug-likeness (QED) is 0.618. The molecule has 3 heteroatoms. The summed E-state index contributed by atoms with van der Waals surface area (Å²) in [4.78, 5) is 4.83. The highest BCUT2D eigenvalue weighted by molar-refractivity contribution is 9.10. The van der Waals surface area contributed by atoms with Gasteiger partial charge in [-0.05, 0) is 50.3 Å². The van der Waals surface area contributed by atoms with Gasteiger partial charge in [0.15, 0.2) is 5.90 Å². The Bertz CT molecular complexity index is 709. The van der Waals surface area contributed by atoms with E-state index in [0.29, 0.717) is 6.61 Å². The van der Waals surface area contributed by atoms with Crippen molar-refractivity contribution < 1.29 is 4.74 Å². The molecule has 1 atom stereocenters. The molecule has 0 fully saturated rings. The van der Waals surface area contributed by atoms with Gasteiger partial charge in [-0.15, -0.1) is 0 Å². The van der Waals surface area contributed by atoms with Gasteiger partial charge >= 0.3 is 0 Å². The predicted octanol–water partition coefficient (Wildman–Crippen LogP) is 5.76. The van der Waals surface area contributed by atoms with E-state index in [1.807, 2.05) is 0 Å². The Hall–Kier alpha value is -1.61. The van der Waals surface area contributed by atoms with Crippen molar-refractivity contribution in [1.82, 2.24) is 0 Å². The van der Waals surface area contributed by atoms with Gasteiger partial charge in [0.25, 0.3) is 0 Å². The van der Waals surface area contributed by atoms with Crippen LogP contribution in [0.4, 0.5) is 0 Å². The maximum atomic E-state index is 5.95. The van der Waals surface area contributed by atoms with E-state index in [0.717, 1.165) is 25.2 Å². The molecular weight excluding hydrogens is 362 g/mol. The maximum absolute atomic E-state index is 5.95. The van der Waals surface area contributed by atoms with Crippen LogP contribution in [-0.4, -0.2) is 18.0 Å². The van der Waals surface area contributed by atoms with E-state index >= 15 is 0 Å². The number of ether oxygens (including phenoxy) is 1. The Morgan fingerprint density at radius 3 is 2.46 bits per heavy atom. The van der Waals surface area contributed by atoms with Crippen LogP contribution >= 0.6 is 15.9 Å². The lowest BCUT2D eigenvalue weighted by atomic mass is 9.92. The third-order valence-corrected chi connectivity index (χ3v) is 5.16. The predicted molar refractivity (Wildman–Crippen MR) is 104 cm³/mol. The van der Waals surface area contributed by atoms with E-state index in [-0.39, 0.29) is 11.5 Å². The lowest BCUT2D eigenvalue weighted by molar-refractivity contribution is 0.269. The van der Waals surface area contributed by atoms with E-state index in [1.165, 1.54) is 15.6 Å². The molecule has 2 aromatic rings. The molecule has 0 N–H and O–H groups in total. The van der Waals surface area contributed by atoms with Crippen molar-refractivity contribution in [1.29, 1.82) is 0 Å². The molecule has 2 aromatic carbocycles. The largest absolute Gasteiger partial charge is 0.478 e. The molecule has 0 amide bonds. The van der Waals surface area contributed by atoms with E-state index in [4.69, 9.17) is 9.73 Å². The lowest BCUT2D eigenvalue weighted by Gasteiger charge is -2.17. The zero-order valence-electron chi connectivity index (χ0n) is 14.3. The molecule has 0 saturated heterocycles. The molecule has 0 bridgehead atoms. The summed E-state index contributed by atoms with van der Waals surface area (Å²) in [6, 6.07) is 19.1. The minimum absolute atomic E-state index is 0.106. The van der Waals surface area contributed by atoms with Crippen LogP contribution < -0.4 is 0 Å². The van der Waals surface area contributed by atoms with Gasteiger partial charge in [-0.3, -0.25) is 0 Å². The van der Waals surface area contributed by atoms with Crippen LogP contribution in [0.25, 0.3) is 0 Å². The number of aryl methyl sites for hydroxylation is 1. The van der Waals surface area contributed by atoms with Crippen LogP contribution in [0.15, 0.2) is 64.1 Å². The van der Waals surface area contributed by atoms with Gasteiger partial charge in [0, 0.05) is 4.47 Å². The third-order valence-electron chi connectivity index (χ3n) is 4.38. The molecule has 0 radical (unpaired) electrons. The van der Waals surface area contributed by atoms with Gasteiger partial charge in [0.1, 0.15) is 6.61 Å². The first-order valence-electron chi connectivity index (χ1n) is 8.56. The summed E-state index contributed by atoms with van der Waals surface area (Å²) in [6.45, 7) is 4.93. The maximum Gasteiger partial charge on any atom is 0.191 e. The van der Waals surface area contributed by atoms with Crippen molar-refractivity contribution in [3.63, 3.8) is 0 Å². The average molecular weight is 386 g/mol. The first-order valence-corrected chi connectivity index (χ1v) is 9.35. The second-order valence-corrected chi connectivity index (χ2v) is 7.85. The highest BCUT2D eigenvalue weighted by atomic mass is 79.9.